The first kappa shape index (κ1) is 10.1. The molecule has 68 valence electrons. The standard InChI is InChI=1S/C11H13NS/c1-3-9-5-6-11(12-8-13)10(4-2)7-9/h5-7H,3-4H2,1-2H3. The van der Waals surface area contributed by atoms with Gasteiger partial charge in [0, 0.05) is 0 Å². The second-order valence-electron chi connectivity index (χ2n) is 2.87. The topological polar surface area (TPSA) is 12.4 Å². The lowest BCUT2D eigenvalue weighted by molar-refractivity contribution is 1.08. The van der Waals surface area contributed by atoms with Crippen molar-refractivity contribution in [1.82, 2.24) is 0 Å². The predicted molar refractivity (Wildman–Crippen MR) is 59.9 cm³/mol. The summed E-state index contributed by atoms with van der Waals surface area (Å²) in [6, 6.07) is 6.28. The molecule has 0 N–H and O–H groups in total. The van der Waals surface area contributed by atoms with Crippen LogP contribution in [0.15, 0.2) is 23.2 Å². The van der Waals surface area contributed by atoms with Gasteiger partial charge in [-0.1, -0.05) is 26.0 Å². The maximum Gasteiger partial charge on any atom is 0.0771 e. The number of hydrogen-bond donors (Lipinski definition) is 0. The Kier molecular flexibility index (Phi) is 3.81. The lowest BCUT2D eigenvalue weighted by Gasteiger charge is -2.03. The SMILES string of the molecule is CCc1ccc(N=C=S)c(CC)c1. The van der Waals surface area contributed by atoms with Crippen molar-refractivity contribution in [3.8, 4) is 0 Å². The third-order valence-electron chi connectivity index (χ3n) is 2.10. The third-order valence-corrected chi connectivity index (χ3v) is 2.19. The zero-order valence-corrected chi connectivity index (χ0v) is 8.82. The molecule has 1 rings (SSSR count). The van der Waals surface area contributed by atoms with Gasteiger partial charge >= 0.3 is 0 Å². The van der Waals surface area contributed by atoms with E-state index in [0.717, 1.165) is 18.5 Å². The van der Waals surface area contributed by atoms with E-state index in [1.165, 1.54) is 11.1 Å². The fourth-order valence-corrected chi connectivity index (χ4v) is 1.40. The maximum absolute atomic E-state index is 4.59. The third kappa shape index (κ3) is 2.48. The fourth-order valence-electron chi connectivity index (χ4n) is 1.30. The molecule has 0 aliphatic rings. The van der Waals surface area contributed by atoms with Crippen molar-refractivity contribution in [2.75, 3.05) is 0 Å². The van der Waals surface area contributed by atoms with Gasteiger partial charge < -0.3 is 0 Å². The van der Waals surface area contributed by atoms with E-state index in [0.29, 0.717) is 0 Å². The molecular weight excluding hydrogens is 178 g/mol. The summed E-state index contributed by atoms with van der Waals surface area (Å²) in [6.07, 6.45) is 2.05. The van der Waals surface area contributed by atoms with Crippen molar-refractivity contribution in [2.45, 2.75) is 26.7 Å². The number of thiocarbonyl (C=S) groups is 1. The van der Waals surface area contributed by atoms with Gasteiger partial charge in [0.2, 0.25) is 0 Å². The minimum Gasteiger partial charge on any atom is -0.194 e. The number of aryl methyl sites for hydroxylation is 2. The van der Waals surface area contributed by atoms with Gasteiger partial charge in [0.25, 0.3) is 0 Å². The van der Waals surface area contributed by atoms with Crippen LogP contribution < -0.4 is 0 Å². The average molecular weight is 191 g/mol. The molecule has 0 unspecified atom stereocenters. The molecule has 0 spiro atoms. The van der Waals surface area contributed by atoms with Gasteiger partial charge in [0.15, 0.2) is 0 Å². The van der Waals surface area contributed by atoms with Crippen LogP contribution in [0.3, 0.4) is 0 Å². The van der Waals surface area contributed by atoms with Gasteiger partial charge in [-0.25, -0.2) is 0 Å². The minimum absolute atomic E-state index is 0.953. The van der Waals surface area contributed by atoms with Crippen LogP contribution in [0.5, 0.6) is 0 Å². The summed E-state index contributed by atoms with van der Waals surface area (Å²) in [5.41, 5.74) is 3.55. The highest BCUT2D eigenvalue weighted by Gasteiger charge is 1.99. The molecule has 13 heavy (non-hydrogen) atoms. The van der Waals surface area contributed by atoms with E-state index in [1.54, 1.807) is 0 Å². The summed E-state index contributed by atoms with van der Waals surface area (Å²) in [4.78, 5) is 4.02. The van der Waals surface area contributed by atoms with Crippen molar-refractivity contribution >= 4 is 23.1 Å². The highest BCUT2D eigenvalue weighted by atomic mass is 32.1. The van der Waals surface area contributed by atoms with Crippen LogP contribution >= 0.6 is 12.2 Å². The quantitative estimate of drug-likeness (QED) is 0.526. The van der Waals surface area contributed by atoms with E-state index < -0.39 is 0 Å². The summed E-state index contributed by atoms with van der Waals surface area (Å²) in [7, 11) is 0. The van der Waals surface area contributed by atoms with Crippen molar-refractivity contribution in [3.05, 3.63) is 29.3 Å². The Morgan fingerprint density at radius 3 is 2.62 bits per heavy atom. The van der Waals surface area contributed by atoms with Crippen LogP contribution in [-0.2, 0) is 12.8 Å². The van der Waals surface area contributed by atoms with Crippen LogP contribution in [0.2, 0.25) is 0 Å². The van der Waals surface area contributed by atoms with Gasteiger partial charge in [0.1, 0.15) is 0 Å². The Morgan fingerprint density at radius 2 is 2.08 bits per heavy atom. The molecule has 0 bridgehead atoms. The first-order valence-electron chi connectivity index (χ1n) is 4.51. The van der Waals surface area contributed by atoms with E-state index in [9.17, 15) is 0 Å². The van der Waals surface area contributed by atoms with E-state index in [1.807, 2.05) is 6.07 Å². The number of hydrogen-bond acceptors (Lipinski definition) is 2. The molecule has 1 aromatic rings. The summed E-state index contributed by atoms with van der Waals surface area (Å²) < 4.78 is 0. The second kappa shape index (κ2) is 4.90. The molecule has 0 amide bonds. The lowest BCUT2D eigenvalue weighted by atomic mass is 10.1. The number of benzene rings is 1. The van der Waals surface area contributed by atoms with Crippen molar-refractivity contribution in [3.63, 3.8) is 0 Å². The molecule has 1 aromatic carbocycles. The molecule has 0 aliphatic heterocycles. The summed E-state index contributed by atoms with van der Waals surface area (Å²) in [5.74, 6) is 0. The number of nitrogens with zero attached hydrogens (tertiary/aromatic N) is 1. The Morgan fingerprint density at radius 1 is 1.31 bits per heavy atom. The van der Waals surface area contributed by atoms with Crippen molar-refractivity contribution in [2.24, 2.45) is 4.99 Å². The Labute approximate surface area is 84.5 Å². The zero-order valence-electron chi connectivity index (χ0n) is 8.00. The molecule has 0 fully saturated rings. The fraction of sp³-hybridized carbons (Fsp3) is 0.364. The average Bonchev–Trinajstić information content (AvgIpc) is 2.19. The maximum atomic E-state index is 4.59. The molecule has 0 saturated carbocycles. The van der Waals surface area contributed by atoms with Crippen LogP contribution in [0, 0.1) is 0 Å². The van der Waals surface area contributed by atoms with E-state index >= 15 is 0 Å². The smallest absolute Gasteiger partial charge is 0.0771 e. The van der Waals surface area contributed by atoms with Crippen LogP contribution in [0.1, 0.15) is 25.0 Å². The second-order valence-corrected chi connectivity index (χ2v) is 3.06. The Hall–Kier alpha value is -0.980. The van der Waals surface area contributed by atoms with Gasteiger partial charge in [-0.05, 0) is 42.3 Å². The first-order chi connectivity index (χ1) is 6.31. The van der Waals surface area contributed by atoms with Crippen molar-refractivity contribution in [1.29, 1.82) is 0 Å². The highest BCUT2D eigenvalue weighted by molar-refractivity contribution is 7.78. The normalized spacial score (nSPS) is 9.38. The summed E-state index contributed by atoms with van der Waals surface area (Å²) in [6.45, 7) is 4.27. The summed E-state index contributed by atoms with van der Waals surface area (Å²) in [5, 5.41) is 2.40. The monoisotopic (exact) mass is 191 g/mol. The van der Waals surface area contributed by atoms with Gasteiger partial charge in [-0.15, -0.1) is 0 Å². The van der Waals surface area contributed by atoms with Gasteiger partial charge in [-0.2, -0.15) is 4.99 Å². The molecule has 0 heterocycles. The minimum atomic E-state index is 0.953. The Balaban J connectivity index is 3.15. The molecular formula is C11H13NS. The Bertz CT molecular complexity index is 338. The molecule has 0 saturated heterocycles. The molecule has 0 radical (unpaired) electrons. The van der Waals surface area contributed by atoms with E-state index in [-0.39, 0.29) is 0 Å². The zero-order chi connectivity index (χ0) is 9.68. The lowest BCUT2D eigenvalue weighted by Crippen LogP contribution is -1.85. The van der Waals surface area contributed by atoms with Crippen molar-refractivity contribution < 1.29 is 0 Å². The molecule has 0 aromatic heterocycles. The number of aliphatic imine (C=N–C) groups is 1. The molecule has 0 atom stereocenters. The van der Waals surface area contributed by atoms with Gasteiger partial charge in [0.05, 0.1) is 10.8 Å². The first-order valence-corrected chi connectivity index (χ1v) is 4.92. The molecule has 2 heteroatoms. The van der Waals surface area contributed by atoms with E-state index in [2.05, 4.69) is 48.4 Å². The summed E-state index contributed by atoms with van der Waals surface area (Å²) >= 11 is 4.59. The van der Waals surface area contributed by atoms with Crippen LogP contribution in [-0.4, -0.2) is 5.16 Å². The number of rotatable bonds is 3. The molecule has 0 aliphatic carbocycles. The number of isothiocyanates is 1. The van der Waals surface area contributed by atoms with Gasteiger partial charge in [-0.3, -0.25) is 0 Å². The van der Waals surface area contributed by atoms with Crippen LogP contribution in [0.4, 0.5) is 5.69 Å². The van der Waals surface area contributed by atoms with Crippen LogP contribution in [0.25, 0.3) is 0 Å². The predicted octanol–water partition coefficient (Wildman–Crippen LogP) is 3.55. The molecule has 1 nitrogen and oxygen atoms in total. The highest BCUT2D eigenvalue weighted by Crippen LogP contribution is 2.20. The largest absolute Gasteiger partial charge is 0.194 e. The van der Waals surface area contributed by atoms with E-state index in [4.69, 9.17) is 0 Å².